The molecule has 3 heteroatoms. The molecule has 3 nitrogen and oxygen atoms in total. The summed E-state index contributed by atoms with van der Waals surface area (Å²) in [5, 5.41) is 9.57. The van der Waals surface area contributed by atoms with E-state index in [0.29, 0.717) is 6.04 Å². The Kier molecular flexibility index (Phi) is 3.44. The molecule has 88 valence electrons. The predicted molar refractivity (Wildman–Crippen MR) is 65.5 cm³/mol. The van der Waals surface area contributed by atoms with Crippen LogP contribution in [-0.4, -0.2) is 22.7 Å². The molecule has 1 aromatic rings. The second-order valence-corrected chi connectivity index (χ2v) is 4.52. The first-order chi connectivity index (χ1) is 7.72. The van der Waals surface area contributed by atoms with Crippen molar-refractivity contribution in [2.75, 3.05) is 11.4 Å². The second kappa shape index (κ2) is 4.83. The molecule has 0 aromatic carbocycles. The Bertz CT molecular complexity index is 352. The molecule has 0 saturated carbocycles. The van der Waals surface area contributed by atoms with Gasteiger partial charge in [0.2, 0.25) is 0 Å². The Morgan fingerprint density at radius 3 is 3.12 bits per heavy atom. The van der Waals surface area contributed by atoms with Gasteiger partial charge in [0, 0.05) is 18.8 Å². The average Bonchev–Trinajstić information content (AvgIpc) is 2.77. The number of nitrogens with zero attached hydrogens (tertiary/aromatic N) is 2. The van der Waals surface area contributed by atoms with E-state index >= 15 is 0 Å². The standard InChI is InChI=1S/C13H20N2O/c1-3-12-5-4-8-15(12)13-9-11(10(2)16)6-7-14-13/h6-7,9-10,12,16H,3-5,8H2,1-2H3/t10-,12?/m0/s1. The van der Waals surface area contributed by atoms with Crippen LogP contribution in [0.3, 0.4) is 0 Å². The quantitative estimate of drug-likeness (QED) is 0.850. The molecule has 1 aromatic heterocycles. The van der Waals surface area contributed by atoms with Crippen LogP contribution in [0.5, 0.6) is 0 Å². The first kappa shape index (κ1) is 11.4. The average molecular weight is 220 g/mol. The Balaban J connectivity index is 2.22. The fourth-order valence-corrected chi connectivity index (χ4v) is 2.41. The van der Waals surface area contributed by atoms with E-state index in [-0.39, 0.29) is 0 Å². The van der Waals surface area contributed by atoms with Gasteiger partial charge in [0.25, 0.3) is 0 Å². The van der Waals surface area contributed by atoms with E-state index in [0.717, 1.165) is 17.9 Å². The number of pyridine rings is 1. The lowest BCUT2D eigenvalue weighted by Crippen LogP contribution is -2.29. The van der Waals surface area contributed by atoms with E-state index in [1.807, 2.05) is 12.1 Å². The molecule has 2 atom stereocenters. The normalized spacial score (nSPS) is 22.4. The minimum absolute atomic E-state index is 0.413. The third-order valence-corrected chi connectivity index (χ3v) is 3.39. The van der Waals surface area contributed by atoms with Gasteiger partial charge in [0.15, 0.2) is 0 Å². The maximum atomic E-state index is 9.57. The zero-order valence-corrected chi connectivity index (χ0v) is 10.1. The summed E-state index contributed by atoms with van der Waals surface area (Å²) in [5.41, 5.74) is 0.951. The fourth-order valence-electron chi connectivity index (χ4n) is 2.41. The van der Waals surface area contributed by atoms with Gasteiger partial charge in [-0.15, -0.1) is 0 Å². The van der Waals surface area contributed by atoms with Crippen molar-refractivity contribution in [1.29, 1.82) is 0 Å². The summed E-state index contributed by atoms with van der Waals surface area (Å²) in [4.78, 5) is 6.78. The lowest BCUT2D eigenvalue weighted by atomic mass is 10.1. The minimum Gasteiger partial charge on any atom is -0.389 e. The van der Waals surface area contributed by atoms with Crippen molar-refractivity contribution >= 4 is 5.82 Å². The lowest BCUT2D eigenvalue weighted by molar-refractivity contribution is 0.199. The fraction of sp³-hybridized carbons (Fsp3) is 0.615. The molecule has 2 rings (SSSR count). The third kappa shape index (κ3) is 2.19. The molecule has 16 heavy (non-hydrogen) atoms. The molecule has 0 radical (unpaired) electrons. The SMILES string of the molecule is CCC1CCCN1c1cc([C@H](C)O)ccn1. The van der Waals surface area contributed by atoms with Crippen molar-refractivity contribution in [3.63, 3.8) is 0 Å². The number of hydrogen-bond donors (Lipinski definition) is 1. The second-order valence-electron chi connectivity index (χ2n) is 4.52. The highest BCUT2D eigenvalue weighted by Gasteiger charge is 2.24. The zero-order valence-electron chi connectivity index (χ0n) is 10.1. The zero-order chi connectivity index (χ0) is 11.5. The van der Waals surface area contributed by atoms with Crippen LogP contribution in [0.1, 0.15) is 44.8 Å². The molecule has 0 amide bonds. The molecule has 1 aliphatic heterocycles. The summed E-state index contributed by atoms with van der Waals surface area (Å²) in [7, 11) is 0. The van der Waals surface area contributed by atoms with Gasteiger partial charge < -0.3 is 10.0 Å². The van der Waals surface area contributed by atoms with Gasteiger partial charge in [-0.05, 0) is 43.9 Å². The molecule has 0 bridgehead atoms. The number of anilines is 1. The van der Waals surface area contributed by atoms with E-state index < -0.39 is 6.10 Å². The molecular weight excluding hydrogens is 200 g/mol. The maximum absolute atomic E-state index is 9.57. The van der Waals surface area contributed by atoms with Crippen molar-refractivity contribution in [3.05, 3.63) is 23.9 Å². The number of rotatable bonds is 3. The molecule has 1 saturated heterocycles. The summed E-state index contributed by atoms with van der Waals surface area (Å²) in [6, 6.07) is 4.51. The van der Waals surface area contributed by atoms with Gasteiger partial charge in [0.05, 0.1) is 6.10 Å². The van der Waals surface area contributed by atoms with Gasteiger partial charge in [-0.3, -0.25) is 0 Å². The molecule has 2 heterocycles. The molecule has 1 fully saturated rings. The van der Waals surface area contributed by atoms with Gasteiger partial charge in [-0.1, -0.05) is 6.92 Å². The lowest BCUT2D eigenvalue weighted by Gasteiger charge is -2.25. The van der Waals surface area contributed by atoms with E-state index in [9.17, 15) is 5.11 Å². The molecule has 0 aliphatic carbocycles. The molecule has 1 N–H and O–H groups in total. The van der Waals surface area contributed by atoms with Crippen LogP contribution >= 0.6 is 0 Å². The Hall–Kier alpha value is -1.09. The van der Waals surface area contributed by atoms with E-state index in [4.69, 9.17) is 0 Å². The van der Waals surface area contributed by atoms with Crippen LogP contribution < -0.4 is 4.90 Å². The van der Waals surface area contributed by atoms with Crippen LogP contribution in [-0.2, 0) is 0 Å². The third-order valence-electron chi connectivity index (χ3n) is 3.39. The van der Waals surface area contributed by atoms with Gasteiger partial charge in [-0.2, -0.15) is 0 Å². The molecule has 1 aliphatic rings. The summed E-state index contributed by atoms with van der Waals surface area (Å²) in [6.07, 6.45) is 5.06. The summed E-state index contributed by atoms with van der Waals surface area (Å²) >= 11 is 0. The monoisotopic (exact) mass is 220 g/mol. The van der Waals surface area contributed by atoms with Crippen molar-refractivity contribution in [2.24, 2.45) is 0 Å². The highest BCUT2D eigenvalue weighted by molar-refractivity contribution is 5.43. The largest absolute Gasteiger partial charge is 0.389 e. The molecule has 0 spiro atoms. The first-order valence-corrected chi connectivity index (χ1v) is 6.13. The topological polar surface area (TPSA) is 36.4 Å². The van der Waals surface area contributed by atoms with Crippen LogP contribution in [0.2, 0.25) is 0 Å². The summed E-state index contributed by atoms with van der Waals surface area (Å²) < 4.78 is 0. The van der Waals surface area contributed by atoms with Crippen molar-refractivity contribution < 1.29 is 5.11 Å². The van der Waals surface area contributed by atoms with Gasteiger partial charge >= 0.3 is 0 Å². The van der Waals surface area contributed by atoms with Crippen LogP contribution in [0.25, 0.3) is 0 Å². The Morgan fingerprint density at radius 1 is 1.62 bits per heavy atom. The maximum Gasteiger partial charge on any atom is 0.129 e. The number of aliphatic hydroxyl groups excluding tert-OH is 1. The Labute approximate surface area is 97.1 Å². The highest BCUT2D eigenvalue weighted by Crippen LogP contribution is 2.27. The molecular formula is C13H20N2O. The Morgan fingerprint density at radius 2 is 2.44 bits per heavy atom. The first-order valence-electron chi connectivity index (χ1n) is 6.13. The van der Waals surface area contributed by atoms with Gasteiger partial charge in [0.1, 0.15) is 5.82 Å². The summed E-state index contributed by atoms with van der Waals surface area (Å²) in [5.74, 6) is 1.02. The summed E-state index contributed by atoms with van der Waals surface area (Å²) in [6.45, 7) is 5.11. The number of hydrogen-bond acceptors (Lipinski definition) is 3. The highest BCUT2D eigenvalue weighted by atomic mass is 16.3. The van der Waals surface area contributed by atoms with E-state index in [2.05, 4.69) is 16.8 Å². The van der Waals surface area contributed by atoms with E-state index in [1.54, 1.807) is 13.1 Å². The van der Waals surface area contributed by atoms with Gasteiger partial charge in [-0.25, -0.2) is 4.98 Å². The number of aliphatic hydroxyl groups is 1. The predicted octanol–water partition coefficient (Wildman–Crippen LogP) is 2.51. The van der Waals surface area contributed by atoms with Crippen LogP contribution in [0.4, 0.5) is 5.82 Å². The smallest absolute Gasteiger partial charge is 0.129 e. The van der Waals surface area contributed by atoms with Crippen LogP contribution in [0.15, 0.2) is 18.3 Å². The minimum atomic E-state index is -0.413. The van der Waals surface area contributed by atoms with Crippen molar-refractivity contribution in [3.8, 4) is 0 Å². The van der Waals surface area contributed by atoms with Crippen molar-refractivity contribution in [1.82, 2.24) is 4.98 Å². The number of aromatic nitrogens is 1. The van der Waals surface area contributed by atoms with Crippen molar-refractivity contribution in [2.45, 2.75) is 45.3 Å². The van der Waals surface area contributed by atoms with E-state index in [1.165, 1.54) is 19.3 Å². The molecule has 1 unspecified atom stereocenters. The van der Waals surface area contributed by atoms with Crippen LogP contribution in [0, 0.1) is 0 Å².